The van der Waals surface area contributed by atoms with Gasteiger partial charge in [-0.05, 0) is 41.0 Å². The highest BCUT2D eigenvalue weighted by atomic mass is 16.3. The Morgan fingerprint density at radius 1 is 0.378 bits per heavy atom. The fourth-order valence-electron chi connectivity index (χ4n) is 6.37. The molecular formula is C42H26N2O. The van der Waals surface area contributed by atoms with E-state index in [9.17, 15) is 0 Å². The van der Waals surface area contributed by atoms with Crippen LogP contribution >= 0.6 is 0 Å². The van der Waals surface area contributed by atoms with Gasteiger partial charge in [0.2, 0.25) is 0 Å². The Labute approximate surface area is 260 Å². The lowest BCUT2D eigenvalue weighted by Gasteiger charge is -2.10. The number of furan rings is 1. The van der Waals surface area contributed by atoms with Gasteiger partial charge in [0.1, 0.15) is 11.2 Å². The van der Waals surface area contributed by atoms with E-state index in [4.69, 9.17) is 14.4 Å². The van der Waals surface area contributed by atoms with Crippen molar-refractivity contribution in [1.29, 1.82) is 0 Å². The van der Waals surface area contributed by atoms with Crippen molar-refractivity contribution in [2.24, 2.45) is 0 Å². The van der Waals surface area contributed by atoms with Crippen molar-refractivity contribution in [1.82, 2.24) is 9.97 Å². The van der Waals surface area contributed by atoms with Crippen molar-refractivity contribution in [3.63, 3.8) is 0 Å². The smallest absolute Gasteiger partial charge is 0.143 e. The predicted octanol–water partition coefficient (Wildman–Crippen LogP) is 11.4. The number of benzene rings is 6. The number of rotatable bonds is 4. The second-order valence-electron chi connectivity index (χ2n) is 11.4. The highest BCUT2D eigenvalue weighted by molar-refractivity contribution is 6.09. The van der Waals surface area contributed by atoms with Crippen LogP contribution in [0.2, 0.25) is 0 Å². The van der Waals surface area contributed by atoms with Gasteiger partial charge in [0, 0.05) is 38.2 Å². The standard InChI is InChI=1S/C42H26N2O/c1-2-8-27(9-3-1)32-10-6-11-33(26-32)38-25-23-31-21-20-30-22-24-37(43-40(30)41(31)44-38)29-18-16-28(17-19-29)34-13-7-14-36-35-12-4-5-15-39(35)45-42(34)36/h1-26H. The molecule has 0 aliphatic carbocycles. The van der Waals surface area contributed by atoms with Gasteiger partial charge in [0.15, 0.2) is 0 Å². The topological polar surface area (TPSA) is 38.9 Å². The highest BCUT2D eigenvalue weighted by Crippen LogP contribution is 2.37. The van der Waals surface area contributed by atoms with Crippen LogP contribution in [0.3, 0.4) is 0 Å². The number of fused-ring (bicyclic) bond motifs is 6. The van der Waals surface area contributed by atoms with E-state index in [1.54, 1.807) is 0 Å². The molecular weight excluding hydrogens is 548 g/mol. The van der Waals surface area contributed by atoms with Gasteiger partial charge in [-0.2, -0.15) is 0 Å². The van der Waals surface area contributed by atoms with Crippen LogP contribution in [0.1, 0.15) is 0 Å². The van der Waals surface area contributed by atoms with E-state index < -0.39 is 0 Å². The molecule has 0 saturated heterocycles. The summed E-state index contributed by atoms with van der Waals surface area (Å²) < 4.78 is 6.29. The number of nitrogens with zero attached hydrogens (tertiary/aromatic N) is 2. The minimum absolute atomic E-state index is 0.905. The Morgan fingerprint density at radius 3 is 1.73 bits per heavy atom. The quantitative estimate of drug-likeness (QED) is 0.196. The fraction of sp³-hybridized carbons (Fsp3) is 0. The van der Waals surface area contributed by atoms with Crippen molar-refractivity contribution in [3.05, 3.63) is 158 Å². The van der Waals surface area contributed by atoms with Crippen molar-refractivity contribution < 1.29 is 4.42 Å². The van der Waals surface area contributed by atoms with Crippen LogP contribution < -0.4 is 0 Å². The maximum absolute atomic E-state index is 6.29. The van der Waals surface area contributed by atoms with Gasteiger partial charge < -0.3 is 4.42 Å². The molecule has 0 saturated carbocycles. The van der Waals surface area contributed by atoms with Gasteiger partial charge in [-0.25, -0.2) is 9.97 Å². The normalized spacial score (nSPS) is 11.6. The molecule has 9 aromatic rings. The van der Waals surface area contributed by atoms with Crippen molar-refractivity contribution in [2.45, 2.75) is 0 Å². The molecule has 0 spiro atoms. The molecule has 6 aromatic carbocycles. The summed E-state index contributed by atoms with van der Waals surface area (Å²) in [6.45, 7) is 0. The van der Waals surface area contributed by atoms with E-state index in [0.29, 0.717) is 0 Å². The lowest BCUT2D eigenvalue weighted by atomic mass is 10.00. The largest absolute Gasteiger partial charge is 0.455 e. The van der Waals surface area contributed by atoms with Crippen molar-refractivity contribution >= 4 is 43.7 Å². The van der Waals surface area contributed by atoms with Crippen LogP contribution in [-0.4, -0.2) is 9.97 Å². The maximum atomic E-state index is 6.29. The summed E-state index contributed by atoms with van der Waals surface area (Å²) in [7, 11) is 0. The van der Waals surface area contributed by atoms with Crippen LogP contribution in [0.15, 0.2) is 162 Å². The molecule has 0 bridgehead atoms. The molecule has 0 fully saturated rings. The summed E-state index contributed by atoms with van der Waals surface area (Å²) in [5.74, 6) is 0. The number of hydrogen-bond donors (Lipinski definition) is 0. The second-order valence-corrected chi connectivity index (χ2v) is 11.4. The summed E-state index contributed by atoms with van der Waals surface area (Å²) in [6, 6.07) is 54.9. The molecule has 0 aliphatic rings. The number of para-hydroxylation sites is 2. The van der Waals surface area contributed by atoms with Crippen LogP contribution in [0.5, 0.6) is 0 Å². The Bertz CT molecular complexity index is 2530. The average molecular weight is 575 g/mol. The van der Waals surface area contributed by atoms with Crippen molar-refractivity contribution in [3.8, 4) is 44.8 Å². The first-order chi connectivity index (χ1) is 22.3. The fourth-order valence-corrected chi connectivity index (χ4v) is 6.37. The van der Waals surface area contributed by atoms with Gasteiger partial charge in [-0.15, -0.1) is 0 Å². The molecule has 0 atom stereocenters. The van der Waals surface area contributed by atoms with Gasteiger partial charge in [0.25, 0.3) is 0 Å². The third-order valence-electron chi connectivity index (χ3n) is 8.68. The highest BCUT2D eigenvalue weighted by Gasteiger charge is 2.13. The number of pyridine rings is 2. The molecule has 3 nitrogen and oxygen atoms in total. The molecule has 3 heterocycles. The van der Waals surface area contributed by atoms with Gasteiger partial charge in [-0.3, -0.25) is 0 Å². The van der Waals surface area contributed by atoms with Crippen LogP contribution in [-0.2, 0) is 0 Å². The Hall–Kier alpha value is -6.06. The molecule has 3 heteroatoms. The summed E-state index contributed by atoms with van der Waals surface area (Å²) in [4.78, 5) is 10.3. The molecule has 0 amide bonds. The summed E-state index contributed by atoms with van der Waals surface area (Å²) in [5, 5.41) is 4.42. The van der Waals surface area contributed by atoms with Gasteiger partial charge in [-0.1, -0.05) is 133 Å². The average Bonchev–Trinajstić information content (AvgIpc) is 3.51. The second kappa shape index (κ2) is 10.3. The van der Waals surface area contributed by atoms with Gasteiger partial charge >= 0.3 is 0 Å². The first-order valence-corrected chi connectivity index (χ1v) is 15.2. The minimum Gasteiger partial charge on any atom is -0.455 e. The zero-order chi connectivity index (χ0) is 29.7. The monoisotopic (exact) mass is 574 g/mol. The first-order valence-electron chi connectivity index (χ1n) is 15.2. The summed E-state index contributed by atoms with van der Waals surface area (Å²) in [5.41, 5.74) is 12.2. The summed E-state index contributed by atoms with van der Waals surface area (Å²) >= 11 is 0. The Kier molecular flexibility index (Phi) is 5.82. The molecule has 0 aliphatic heterocycles. The third-order valence-corrected chi connectivity index (χ3v) is 8.68. The lowest BCUT2D eigenvalue weighted by Crippen LogP contribution is -1.91. The van der Waals surface area contributed by atoms with Crippen molar-refractivity contribution in [2.75, 3.05) is 0 Å². The third kappa shape index (κ3) is 4.37. The molecule has 45 heavy (non-hydrogen) atoms. The number of aromatic nitrogens is 2. The molecule has 9 rings (SSSR count). The van der Waals surface area contributed by atoms with E-state index in [1.165, 1.54) is 11.1 Å². The zero-order valence-electron chi connectivity index (χ0n) is 24.3. The lowest BCUT2D eigenvalue weighted by molar-refractivity contribution is 0.670. The van der Waals surface area contributed by atoms with Crippen LogP contribution in [0, 0.1) is 0 Å². The van der Waals surface area contributed by atoms with E-state index in [0.717, 1.165) is 77.4 Å². The number of hydrogen-bond acceptors (Lipinski definition) is 3. The molecule has 0 unspecified atom stereocenters. The molecule has 210 valence electrons. The maximum Gasteiger partial charge on any atom is 0.143 e. The van der Waals surface area contributed by atoms with Crippen LogP contribution in [0.25, 0.3) is 88.5 Å². The summed E-state index contributed by atoms with van der Waals surface area (Å²) in [6.07, 6.45) is 0. The van der Waals surface area contributed by atoms with E-state index in [1.807, 2.05) is 18.2 Å². The van der Waals surface area contributed by atoms with E-state index in [2.05, 4.69) is 140 Å². The molecule has 0 N–H and O–H groups in total. The Morgan fingerprint density at radius 2 is 0.956 bits per heavy atom. The predicted molar refractivity (Wildman–Crippen MR) is 186 cm³/mol. The van der Waals surface area contributed by atoms with Crippen LogP contribution in [0.4, 0.5) is 0 Å². The Balaban J connectivity index is 1.11. The minimum atomic E-state index is 0.905. The molecule has 0 radical (unpaired) electrons. The van der Waals surface area contributed by atoms with Gasteiger partial charge in [0.05, 0.1) is 22.4 Å². The molecule has 3 aromatic heterocycles. The van der Waals surface area contributed by atoms with E-state index in [-0.39, 0.29) is 0 Å². The SMILES string of the molecule is c1ccc(-c2cccc(-c3ccc4ccc5ccc(-c6ccc(-c7cccc8c7oc7ccccc78)cc6)nc5c4n3)c2)cc1. The first kappa shape index (κ1) is 25.4. The van der Waals surface area contributed by atoms with E-state index >= 15 is 0 Å². The zero-order valence-corrected chi connectivity index (χ0v) is 24.3.